The summed E-state index contributed by atoms with van der Waals surface area (Å²) in [7, 11) is 0. The van der Waals surface area contributed by atoms with Gasteiger partial charge in [-0.1, -0.05) is 19.4 Å². The molecule has 0 heterocycles. The lowest BCUT2D eigenvalue weighted by molar-refractivity contribution is -0.188. The number of hydrogen-bond donors (Lipinski definition) is 1. The molecule has 0 radical (unpaired) electrons. The van der Waals surface area contributed by atoms with E-state index in [2.05, 4.69) is 6.92 Å². The lowest BCUT2D eigenvalue weighted by Crippen LogP contribution is -2.59. The van der Waals surface area contributed by atoms with Crippen LogP contribution in [0.1, 0.15) is 72.6 Å². The van der Waals surface area contributed by atoms with Crippen LogP contribution >= 0.6 is 0 Å². The Morgan fingerprint density at radius 1 is 1.14 bits per heavy atom. The molecular formula is C24H32O5. The summed E-state index contributed by atoms with van der Waals surface area (Å²) in [5.74, 6) is 0.459. The summed E-state index contributed by atoms with van der Waals surface area (Å²) in [6, 6.07) is 0. The van der Waals surface area contributed by atoms with Gasteiger partial charge in [-0.05, 0) is 76.2 Å². The summed E-state index contributed by atoms with van der Waals surface area (Å²) in [6.45, 7) is 7.49. The Balaban J connectivity index is 1.71. The fourth-order valence-electron chi connectivity index (χ4n) is 7.38. The molecule has 1 N–H and O–H groups in total. The van der Waals surface area contributed by atoms with E-state index in [4.69, 9.17) is 4.74 Å². The van der Waals surface area contributed by atoms with Gasteiger partial charge in [0.2, 0.25) is 0 Å². The Labute approximate surface area is 172 Å². The van der Waals surface area contributed by atoms with E-state index < -0.39 is 16.4 Å². The van der Waals surface area contributed by atoms with Crippen molar-refractivity contribution in [1.82, 2.24) is 0 Å². The monoisotopic (exact) mass is 400 g/mol. The van der Waals surface area contributed by atoms with Gasteiger partial charge >= 0.3 is 5.97 Å². The number of esters is 1. The van der Waals surface area contributed by atoms with Crippen molar-refractivity contribution in [2.24, 2.45) is 28.6 Å². The Hall–Kier alpha value is -1.91. The van der Waals surface area contributed by atoms with Crippen molar-refractivity contribution < 1.29 is 24.2 Å². The van der Waals surface area contributed by atoms with Crippen LogP contribution in [0.2, 0.25) is 0 Å². The lowest BCUT2D eigenvalue weighted by atomic mass is 9.46. The normalized spacial score (nSPS) is 43.4. The quantitative estimate of drug-likeness (QED) is 0.708. The van der Waals surface area contributed by atoms with Crippen molar-refractivity contribution in [2.75, 3.05) is 0 Å². The van der Waals surface area contributed by atoms with Gasteiger partial charge in [-0.3, -0.25) is 14.4 Å². The number of fused-ring (bicyclic) bond motifs is 5. The summed E-state index contributed by atoms with van der Waals surface area (Å²) in [5.41, 5.74) is -0.960. The highest BCUT2D eigenvalue weighted by atomic mass is 16.6. The predicted molar refractivity (Wildman–Crippen MR) is 108 cm³/mol. The molecule has 4 aliphatic rings. The van der Waals surface area contributed by atoms with Crippen molar-refractivity contribution in [2.45, 2.75) is 78.2 Å². The molecule has 4 aliphatic carbocycles. The van der Waals surface area contributed by atoms with Gasteiger partial charge in [0.15, 0.2) is 17.2 Å². The average Bonchev–Trinajstić information content (AvgIpc) is 2.96. The van der Waals surface area contributed by atoms with E-state index in [9.17, 15) is 19.5 Å². The second kappa shape index (κ2) is 6.55. The molecule has 29 heavy (non-hydrogen) atoms. The zero-order chi connectivity index (χ0) is 21.2. The predicted octanol–water partition coefficient (Wildman–Crippen LogP) is 4.46. The first kappa shape index (κ1) is 20.4. The SMILES string of the molecule is CCC(=O)O[C@]1(C(C)=O)CC[C@H]2[C@@H]3CCC4=CC(O)=CC(=O)[C@]4(C)[C@H]3CC[C@@]21C. The average molecular weight is 401 g/mol. The van der Waals surface area contributed by atoms with Crippen LogP contribution in [-0.4, -0.2) is 28.2 Å². The van der Waals surface area contributed by atoms with Gasteiger partial charge in [-0.15, -0.1) is 0 Å². The maximum Gasteiger partial charge on any atom is 0.306 e. The van der Waals surface area contributed by atoms with E-state index in [0.717, 1.165) is 37.7 Å². The summed E-state index contributed by atoms with van der Waals surface area (Å²) < 4.78 is 5.92. The smallest absolute Gasteiger partial charge is 0.306 e. The maximum atomic E-state index is 13.0. The third-order valence-corrected chi connectivity index (χ3v) is 8.97. The number of allylic oxidation sites excluding steroid dienone is 3. The Bertz CT molecular complexity index is 838. The van der Waals surface area contributed by atoms with Crippen LogP contribution < -0.4 is 0 Å². The highest BCUT2D eigenvalue weighted by Gasteiger charge is 2.68. The van der Waals surface area contributed by atoms with Crippen molar-refractivity contribution in [3.63, 3.8) is 0 Å². The molecule has 0 bridgehead atoms. The first-order chi connectivity index (χ1) is 13.6. The summed E-state index contributed by atoms with van der Waals surface area (Å²) >= 11 is 0. The Morgan fingerprint density at radius 3 is 2.48 bits per heavy atom. The zero-order valence-electron chi connectivity index (χ0n) is 17.9. The first-order valence-corrected chi connectivity index (χ1v) is 11.0. The number of ether oxygens (including phenoxy) is 1. The van der Waals surface area contributed by atoms with E-state index in [-0.39, 0.29) is 41.6 Å². The maximum absolute atomic E-state index is 13.0. The summed E-state index contributed by atoms with van der Waals surface area (Å²) in [5, 5.41) is 9.94. The molecule has 3 fully saturated rings. The van der Waals surface area contributed by atoms with Crippen LogP contribution in [0.3, 0.4) is 0 Å². The number of Topliss-reactive ketones (excluding diaryl/α,β-unsaturated/α-hetero) is 1. The first-order valence-electron chi connectivity index (χ1n) is 11.0. The minimum atomic E-state index is -1.04. The number of aliphatic hydroxyl groups excluding tert-OH is 1. The van der Waals surface area contributed by atoms with Crippen molar-refractivity contribution in [3.8, 4) is 0 Å². The molecule has 3 saturated carbocycles. The standard InChI is InChI=1S/C24H32O5/c1-5-21(28)29-24(14(2)25)11-9-18-17-7-6-15-12-16(26)13-20(27)23(15,4)19(17)8-10-22(18,24)3/h12-13,17-19,26H,5-11H2,1-4H3/t17-,18-,19-,22-,23-,24-/m0/s1. The van der Waals surface area contributed by atoms with Crippen molar-refractivity contribution in [1.29, 1.82) is 0 Å². The summed E-state index contributed by atoms with van der Waals surface area (Å²) in [6.07, 6.45) is 8.16. The minimum Gasteiger partial charge on any atom is -0.508 e. The van der Waals surface area contributed by atoms with Crippen LogP contribution in [0.25, 0.3) is 0 Å². The molecule has 0 amide bonds. The third-order valence-electron chi connectivity index (χ3n) is 8.97. The van der Waals surface area contributed by atoms with Gasteiger partial charge in [-0.2, -0.15) is 0 Å². The van der Waals surface area contributed by atoms with E-state index >= 15 is 0 Å². The number of ketones is 2. The van der Waals surface area contributed by atoms with E-state index in [1.807, 2.05) is 6.92 Å². The molecule has 5 heteroatoms. The lowest BCUT2D eigenvalue weighted by Gasteiger charge is -2.58. The molecule has 6 atom stereocenters. The van der Waals surface area contributed by atoms with Gasteiger partial charge in [0.25, 0.3) is 0 Å². The Kier molecular flexibility index (Phi) is 4.60. The van der Waals surface area contributed by atoms with Crippen LogP contribution in [0, 0.1) is 28.6 Å². The Morgan fingerprint density at radius 2 is 1.83 bits per heavy atom. The molecule has 0 unspecified atom stereocenters. The highest BCUT2D eigenvalue weighted by molar-refractivity contribution is 5.99. The molecular weight excluding hydrogens is 368 g/mol. The fourth-order valence-corrected chi connectivity index (χ4v) is 7.38. The second-order valence-electron chi connectivity index (χ2n) is 9.93. The number of hydrogen-bond acceptors (Lipinski definition) is 5. The molecule has 0 aromatic rings. The number of carbonyl (C=O) groups is 3. The van der Waals surface area contributed by atoms with Gasteiger partial charge in [-0.25, -0.2) is 0 Å². The second-order valence-corrected chi connectivity index (χ2v) is 9.93. The molecule has 158 valence electrons. The molecule has 4 rings (SSSR count). The molecule has 5 nitrogen and oxygen atoms in total. The van der Waals surface area contributed by atoms with E-state index in [0.29, 0.717) is 12.3 Å². The van der Waals surface area contributed by atoms with Gasteiger partial charge < -0.3 is 9.84 Å². The summed E-state index contributed by atoms with van der Waals surface area (Å²) in [4.78, 5) is 38.1. The minimum absolute atomic E-state index is 0.000887. The molecule has 0 aliphatic heterocycles. The van der Waals surface area contributed by atoms with Crippen molar-refractivity contribution >= 4 is 17.5 Å². The molecule has 0 aromatic heterocycles. The van der Waals surface area contributed by atoms with Crippen molar-refractivity contribution in [3.05, 3.63) is 23.5 Å². The van der Waals surface area contributed by atoms with Crippen LogP contribution in [0.15, 0.2) is 23.5 Å². The number of aliphatic hydroxyl groups is 1. The number of carbonyl (C=O) groups excluding carboxylic acids is 3. The zero-order valence-corrected chi connectivity index (χ0v) is 17.9. The molecule has 0 saturated heterocycles. The van der Waals surface area contributed by atoms with Crippen LogP contribution in [0.5, 0.6) is 0 Å². The molecule has 0 aromatic carbocycles. The highest BCUT2D eigenvalue weighted by Crippen LogP contribution is 2.67. The van der Waals surface area contributed by atoms with Gasteiger partial charge in [0.05, 0.1) is 5.41 Å². The number of rotatable bonds is 3. The largest absolute Gasteiger partial charge is 0.508 e. The molecule has 0 spiro atoms. The van der Waals surface area contributed by atoms with Crippen LogP contribution in [0.4, 0.5) is 0 Å². The third kappa shape index (κ3) is 2.55. The topological polar surface area (TPSA) is 80.7 Å². The fraction of sp³-hybridized carbons (Fsp3) is 0.708. The van der Waals surface area contributed by atoms with Gasteiger partial charge in [0, 0.05) is 17.9 Å². The van der Waals surface area contributed by atoms with Crippen LogP contribution in [-0.2, 0) is 19.1 Å². The van der Waals surface area contributed by atoms with E-state index in [1.165, 1.54) is 6.08 Å². The van der Waals surface area contributed by atoms with E-state index in [1.54, 1.807) is 19.9 Å². The van der Waals surface area contributed by atoms with Gasteiger partial charge in [0.1, 0.15) is 5.76 Å².